The Morgan fingerprint density at radius 3 is 3.17 bits per heavy atom. The molecular formula is C12H12O5S. The number of aliphatic hydroxyl groups is 2. The Balaban J connectivity index is 1.77. The summed E-state index contributed by atoms with van der Waals surface area (Å²) in [7, 11) is 0. The first-order valence-electron chi connectivity index (χ1n) is 5.57. The van der Waals surface area contributed by atoms with Crippen LogP contribution in [0.5, 0.6) is 0 Å². The van der Waals surface area contributed by atoms with Crippen LogP contribution < -0.4 is 0 Å². The maximum Gasteiger partial charge on any atom is 0.342 e. The molecule has 1 aromatic heterocycles. The molecule has 0 spiro atoms. The van der Waals surface area contributed by atoms with E-state index in [2.05, 4.69) is 0 Å². The maximum atomic E-state index is 11.4. The molecule has 3 atom stereocenters. The van der Waals surface area contributed by atoms with Gasteiger partial charge in [0.25, 0.3) is 0 Å². The fraction of sp³-hybridized carbons (Fsp3) is 0.417. The molecule has 1 saturated heterocycles. The van der Waals surface area contributed by atoms with Gasteiger partial charge in [-0.05, 0) is 28.5 Å². The number of carbonyl (C=O) groups excluding carboxylic acids is 1. The molecule has 0 unspecified atom stereocenters. The standard InChI is InChI=1S/C12H12O5S/c13-10-8(16-5-7-1-2-18-6-7)3-12(15)4-9(10)17-11(12)14/h1-3,6,9-10,13,15H,4-5H2/t9-,10-,12+/m1/s1. The van der Waals surface area contributed by atoms with Gasteiger partial charge in [0, 0.05) is 6.42 Å². The molecule has 5 nitrogen and oxygen atoms in total. The Morgan fingerprint density at radius 2 is 2.44 bits per heavy atom. The Kier molecular flexibility index (Phi) is 2.65. The quantitative estimate of drug-likeness (QED) is 0.784. The van der Waals surface area contributed by atoms with Gasteiger partial charge in [-0.25, -0.2) is 4.79 Å². The van der Waals surface area contributed by atoms with E-state index in [0.717, 1.165) is 5.56 Å². The van der Waals surface area contributed by atoms with Crippen molar-refractivity contribution in [3.63, 3.8) is 0 Å². The fourth-order valence-corrected chi connectivity index (χ4v) is 2.79. The zero-order valence-electron chi connectivity index (χ0n) is 9.41. The molecule has 2 N–H and O–H groups in total. The van der Waals surface area contributed by atoms with Crippen LogP contribution in [0.15, 0.2) is 28.7 Å². The molecule has 0 radical (unpaired) electrons. The van der Waals surface area contributed by atoms with E-state index in [1.807, 2.05) is 16.8 Å². The molecule has 0 amide bonds. The van der Waals surface area contributed by atoms with Crippen LogP contribution in [0, 0.1) is 0 Å². The zero-order chi connectivity index (χ0) is 12.8. The molecule has 2 aliphatic rings. The Hall–Kier alpha value is -1.37. The van der Waals surface area contributed by atoms with E-state index in [-0.39, 0.29) is 12.2 Å². The van der Waals surface area contributed by atoms with Gasteiger partial charge in [0.15, 0.2) is 5.60 Å². The third-order valence-electron chi connectivity index (χ3n) is 3.13. The summed E-state index contributed by atoms with van der Waals surface area (Å²) in [5, 5.41) is 23.8. The number of aliphatic hydroxyl groups excluding tert-OH is 1. The van der Waals surface area contributed by atoms with Crippen molar-refractivity contribution in [1.82, 2.24) is 0 Å². The predicted octanol–water partition coefficient (Wildman–Crippen LogP) is 0.570. The molecule has 18 heavy (non-hydrogen) atoms. The molecule has 2 bridgehead atoms. The average molecular weight is 268 g/mol. The highest BCUT2D eigenvalue weighted by atomic mass is 32.1. The molecule has 0 saturated carbocycles. The lowest BCUT2D eigenvalue weighted by Crippen LogP contribution is -2.38. The largest absolute Gasteiger partial charge is 0.491 e. The van der Waals surface area contributed by atoms with Gasteiger partial charge in [0.2, 0.25) is 0 Å². The van der Waals surface area contributed by atoms with Crippen molar-refractivity contribution in [2.45, 2.75) is 30.8 Å². The van der Waals surface area contributed by atoms with E-state index in [4.69, 9.17) is 9.47 Å². The zero-order valence-corrected chi connectivity index (χ0v) is 10.2. The van der Waals surface area contributed by atoms with E-state index in [0.29, 0.717) is 6.61 Å². The number of fused-ring (bicyclic) bond motifs is 2. The predicted molar refractivity (Wildman–Crippen MR) is 62.6 cm³/mol. The topological polar surface area (TPSA) is 76.0 Å². The number of carbonyl (C=O) groups is 1. The van der Waals surface area contributed by atoms with Crippen LogP contribution >= 0.6 is 11.3 Å². The fourth-order valence-electron chi connectivity index (χ4n) is 2.14. The minimum Gasteiger partial charge on any atom is -0.491 e. The highest BCUT2D eigenvalue weighted by Gasteiger charge is 2.54. The minimum atomic E-state index is -1.64. The SMILES string of the molecule is O=C1O[C@@H]2C[C@@]1(O)C=C(OCc1ccsc1)[C@H]2O. The van der Waals surface area contributed by atoms with Crippen molar-refractivity contribution in [3.05, 3.63) is 34.2 Å². The van der Waals surface area contributed by atoms with Gasteiger partial charge in [0.05, 0.1) is 0 Å². The lowest BCUT2D eigenvalue weighted by molar-refractivity contribution is -0.152. The number of hydrogen-bond acceptors (Lipinski definition) is 6. The molecule has 96 valence electrons. The van der Waals surface area contributed by atoms with Gasteiger partial charge < -0.3 is 19.7 Å². The average Bonchev–Trinajstić information content (AvgIpc) is 2.91. The van der Waals surface area contributed by atoms with Crippen LogP contribution in [0.4, 0.5) is 0 Å². The maximum absolute atomic E-state index is 11.4. The molecule has 1 aromatic rings. The lowest BCUT2D eigenvalue weighted by Gasteiger charge is -2.25. The van der Waals surface area contributed by atoms with Crippen molar-refractivity contribution in [1.29, 1.82) is 0 Å². The highest BCUT2D eigenvalue weighted by Crippen LogP contribution is 2.37. The summed E-state index contributed by atoms with van der Waals surface area (Å²) in [4.78, 5) is 11.4. The van der Waals surface area contributed by atoms with Crippen LogP contribution in [-0.4, -0.2) is 34.0 Å². The normalized spacial score (nSPS) is 34.1. The van der Waals surface area contributed by atoms with Crippen LogP contribution in [0.3, 0.4) is 0 Å². The van der Waals surface area contributed by atoms with Crippen LogP contribution in [-0.2, 0) is 20.9 Å². The van der Waals surface area contributed by atoms with Gasteiger partial charge in [-0.2, -0.15) is 11.3 Å². The van der Waals surface area contributed by atoms with Crippen LogP contribution in [0.25, 0.3) is 0 Å². The smallest absolute Gasteiger partial charge is 0.342 e. The van der Waals surface area contributed by atoms with Crippen molar-refractivity contribution < 1.29 is 24.5 Å². The third-order valence-corrected chi connectivity index (χ3v) is 3.87. The first-order chi connectivity index (χ1) is 8.58. The molecule has 3 rings (SSSR count). The lowest BCUT2D eigenvalue weighted by atomic mass is 9.89. The van der Waals surface area contributed by atoms with Gasteiger partial charge >= 0.3 is 5.97 Å². The van der Waals surface area contributed by atoms with Gasteiger partial charge in [-0.1, -0.05) is 0 Å². The van der Waals surface area contributed by atoms with Crippen molar-refractivity contribution in [2.75, 3.05) is 0 Å². The van der Waals surface area contributed by atoms with E-state index in [9.17, 15) is 15.0 Å². The summed E-state index contributed by atoms with van der Waals surface area (Å²) in [6.45, 7) is 0.295. The second-order valence-corrected chi connectivity index (χ2v) is 5.26. The van der Waals surface area contributed by atoms with Crippen LogP contribution in [0.2, 0.25) is 0 Å². The number of esters is 1. The van der Waals surface area contributed by atoms with Gasteiger partial charge in [-0.3, -0.25) is 0 Å². The molecule has 1 fully saturated rings. The van der Waals surface area contributed by atoms with E-state index < -0.39 is 23.8 Å². The second kappa shape index (κ2) is 4.08. The Bertz CT molecular complexity index is 495. The monoisotopic (exact) mass is 268 g/mol. The number of thiophene rings is 1. The molecular weight excluding hydrogens is 256 g/mol. The van der Waals surface area contributed by atoms with Crippen molar-refractivity contribution in [3.8, 4) is 0 Å². The van der Waals surface area contributed by atoms with Crippen molar-refractivity contribution >= 4 is 17.3 Å². The molecule has 0 aromatic carbocycles. The van der Waals surface area contributed by atoms with E-state index in [1.54, 1.807) is 11.3 Å². The van der Waals surface area contributed by atoms with E-state index >= 15 is 0 Å². The summed E-state index contributed by atoms with van der Waals surface area (Å²) < 4.78 is 10.4. The molecule has 1 aliphatic heterocycles. The second-order valence-electron chi connectivity index (χ2n) is 4.48. The van der Waals surface area contributed by atoms with Gasteiger partial charge in [0.1, 0.15) is 24.6 Å². The molecule has 1 aliphatic carbocycles. The third kappa shape index (κ3) is 1.82. The first kappa shape index (κ1) is 11.7. The first-order valence-corrected chi connectivity index (χ1v) is 6.51. The van der Waals surface area contributed by atoms with Gasteiger partial charge in [-0.15, -0.1) is 0 Å². The summed E-state index contributed by atoms with van der Waals surface area (Å²) in [5.74, 6) is -0.522. The summed E-state index contributed by atoms with van der Waals surface area (Å²) in [5.41, 5.74) is -0.668. The molecule has 6 heteroatoms. The van der Waals surface area contributed by atoms with Crippen molar-refractivity contribution in [2.24, 2.45) is 0 Å². The summed E-state index contributed by atoms with van der Waals surface area (Å²) in [6.07, 6.45) is -0.380. The Labute approximate surface area is 107 Å². The minimum absolute atomic E-state index is 0.0817. The number of hydrogen-bond donors (Lipinski definition) is 2. The Morgan fingerprint density at radius 1 is 1.61 bits per heavy atom. The highest BCUT2D eigenvalue weighted by molar-refractivity contribution is 7.07. The van der Waals surface area contributed by atoms with Crippen LogP contribution in [0.1, 0.15) is 12.0 Å². The summed E-state index contributed by atoms with van der Waals surface area (Å²) >= 11 is 1.55. The molecule has 2 heterocycles. The summed E-state index contributed by atoms with van der Waals surface area (Å²) in [6, 6.07) is 1.91. The number of rotatable bonds is 3. The van der Waals surface area contributed by atoms with E-state index in [1.165, 1.54) is 6.08 Å². The number of ether oxygens (including phenoxy) is 2.